The van der Waals surface area contributed by atoms with Crippen LogP contribution in [0, 0.1) is 0 Å². The van der Waals surface area contributed by atoms with Crippen LogP contribution in [-0.4, -0.2) is 22.3 Å². The maximum atomic E-state index is 4.99. The van der Waals surface area contributed by atoms with E-state index in [9.17, 15) is 0 Å². The van der Waals surface area contributed by atoms with Gasteiger partial charge >= 0.3 is 0 Å². The van der Waals surface area contributed by atoms with E-state index >= 15 is 0 Å². The molecule has 0 aliphatic rings. The lowest BCUT2D eigenvalue weighted by Gasteiger charge is -2.03. The molecule has 88 valence electrons. The second-order valence-corrected chi connectivity index (χ2v) is 3.88. The number of hydrogen-bond donors (Lipinski definition) is 0. The Balaban J connectivity index is 2.07. The number of benzene rings is 1. The van der Waals surface area contributed by atoms with Gasteiger partial charge in [0.25, 0.3) is 0 Å². The highest BCUT2D eigenvalue weighted by Gasteiger charge is 2.03. The standard InChI is InChI=1S/C14H11N3O/c1-18-14-7-6-13(16-17-14)11-8-10-4-2-3-5-12(10)15-9-11/h2-9H,1H3. The number of methoxy groups -OCH3 is 1. The highest BCUT2D eigenvalue weighted by atomic mass is 16.5. The predicted molar refractivity (Wildman–Crippen MR) is 69.3 cm³/mol. The third kappa shape index (κ3) is 1.88. The quantitative estimate of drug-likeness (QED) is 0.687. The Morgan fingerprint density at radius 1 is 1.00 bits per heavy atom. The van der Waals surface area contributed by atoms with E-state index in [1.54, 1.807) is 19.4 Å². The molecule has 4 nitrogen and oxygen atoms in total. The Morgan fingerprint density at radius 2 is 1.89 bits per heavy atom. The van der Waals surface area contributed by atoms with Crippen molar-refractivity contribution in [3.05, 3.63) is 48.7 Å². The van der Waals surface area contributed by atoms with Crippen LogP contribution in [0.2, 0.25) is 0 Å². The molecule has 0 atom stereocenters. The normalized spacial score (nSPS) is 10.5. The molecule has 1 aromatic carbocycles. The zero-order valence-electron chi connectivity index (χ0n) is 9.87. The Hall–Kier alpha value is -2.49. The Labute approximate surface area is 104 Å². The molecular weight excluding hydrogens is 226 g/mol. The molecule has 2 heterocycles. The van der Waals surface area contributed by atoms with Gasteiger partial charge in [0, 0.05) is 23.2 Å². The van der Waals surface area contributed by atoms with Crippen LogP contribution in [-0.2, 0) is 0 Å². The summed E-state index contributed by atoms with van der Waals surface area (Å²) in [5.41, 5.74) is 2.71. The van der Waals surface area contributed by atoms with Gasteiger partial charge in [-0.1, -0.05) is 18.2 Å². The van der Waals surface area contributed by atoms with Crippen LogP contribution in [0.25, 0.3) is 22.2 Å². The van der Waals surface area contributed by atoms with Crippen molar-refractivity contribution in [2.45, 2.75) is 0 Å². The summed E-state index contributed by atoms with van der Waals surface area (Å²) in [5, 5.41) is 9.16. The van der Waals surface area contributed by atoms with E-state index < -0.39 is 0 Å². The predicted octanol–water partition coefficient (Wildman–Crippen LogP) is 2.70. The molecule has 0 aliphatic carbocycles. The molecule has 3 rings (SSSR count). The average Bonchev–Trinajstić information content (AvgIpc) is 2.47. The second-order valence-electron chi connectivity index (χ2n) is 3.88. The summed E-state index contributed by atoms with van der Waals surface area (Å²) in [6.07, 6.45) is 1.80. The van der Waals surface area contributed by atoms with E-state index in [4.69, 9.17) is 4.74 Å². The lowest BCUT2D eigenvalue weighted by atomic mass is 10.1. The minimum atomic E-state index is 0.507. The van der Waals surface area contributed by atoms with E-state index in [2.05, 4.69) is 21.2 Å². The molecule has 0 bridgehead atoms. The Morgan fingerprint density at radius 3 is 2.67 bits per heavy atom. The van der Waals surface area contributed by atoms with Crippen molar-refractivity contribution in [3.8, 4) is 17.1 Å². The minimum Gasteiger partial charge on any atom is -0.480 e. The van der Waals surface area contributed by atoms with E-state index in [1.807, 2.05) is 30.3 Å². The van der Waals surface area contributed by atoms with Crippen molar-refractivity contribution in [2.75, 3.05) is 7.11 Å². The van der Waals surface area contributed by atoms with Gasteiger partial charge in [-0.15, -0.1) is 10.2 Å². The first-order chi connectivity index (χ1) is 8.86. The van der Waals surface area contributed by atoms with Crippen molar-refractivity contribution in [1.29, 1.82) is 0 Å². The van der Waals surface area contributed by atoms with Crippen molar-refractivity contribution in [2.24, 2.45) is 0 Å². The number of pyridine rings is 1. The molecule has 2 aromatic heterocycles. The van der Waals surface area contributed by atoms with Crippen LogP contribution in [0.5, 0.6) is 5.88 Å². The van der Waals surface area contributed by atoms with Gasteiger partial charge < -0.3 is 4.74 Å². The van der Waals surface area contributed by atoms with E-state index in [-0.39, 0.29) is 0 Å². The van der Waals surface area contributed by atoms with Gasteiger partial charge in [0.15, 0.2) is 0 Å². The van der Waals surface area contributed by atoms with Crippen molar-refractivity contribution in [1.82, 2.24) is 15.2 Å². The van der Waals surface area contributed by atoms with Gasteiger partial charge in [-0.2, -0.15) is 0 Å². The molecule has 0 unspecified atom stereocenters. The van der Waals surface area contributed by atoms with Crippen molar-refractivity contribution < 1.29 is 4.74 Å². The molecular formula is C14H11N3O. The molecule has 0 amide bonds. The number of para-hydroxylation sites is 1. The summed E-state index contributed by atoms with van der Waals surface area (Å²) in [5.74, 6) is 0.507. The van der Waals surface area contributed by atoms with E-state index in [1.165, 1.54) is 0 Å². The first-order valence-electron chi connectivity index (χ1n) is 5.60. The lowest BCUT2D eigenvalue weighted by molar-refractivity contribution is 0.392. The molecule has 0 N–H and O–H groups in total. The maximum Gasteiger partial charge on any atom is 0.233 e. The largest absolute Gasteiger partial charge is 0.480 e. The summed E-state index contributed by atoms with van der Waals surface area (Å²) < 4.78 is 4.99. The summed E-state index contributed by atoms with van der Waals surface area (Å²) >= 11 is 0. The third-order valence-electron chi connectivity index (χ3n) is 2.74. The number of ether oxygens (including phenoxy) is 1. The summed E-state index contributed by atoms with van der Waals surface area (Å²) in [4.78, 5) is 4.40. The smallest absolute Gasteiger partial charge is 0.233 e. The van der Waals surface area contributed by atoms with Crippen LogP contribution in [0.4, 0.5) is 0 Å². The first kappa shape index (κ1) is 10.7. The first-order valence-corrected chi connectivity index (χ1v) is 5.60. The zero-order chi connectivity index (χ0) is 12.4. The molecule has 0 saturated carbocycles. The number of rotatable bonds is 2. The zero-order valence-corrected chi connectivity index (χ0v) is 9.87. The Bertz CT molecular complexity index is 680. The van der Waals surface area contributed by atoms with E-state index in [0.717, 1.165) is 22.2 Å². The van der Waals surface area contributed by atoms with Crippen LogP contribution in [0.15, 0.2) is 48.7 Å². The topological polar surface area (TPSA) is 47.9 Å². The molecule has 0 saturated heterocycles. The van der Waals surface area contributed by atoms with Crippen molar-refractivity contribution >= 4 is 10.9 Å². The van der Waals surface area contributed by atoms with Crippen LogP contribution < -0.4 is 4.74 Å². The maximum absolute atomic E-state index is 4.99. The fourth-order valence-corrected chi connectivity index (χ4v) is 1.79. The number of hydrogen-bond acceptors (Lipinski definition) is 4. The highest BCUT2D eigenvalue weighted by Crippen LogP contribution is 2.21. The van der Waals surface area contributed by atoms with Gasteiger partial charge in [-0.05, 0) is 18.2 Å². The highest BCUT2D eigenvalue weighted by molar-refractivity contribution is 5.82. The lowest BCUT2D eigenvalue weighted by Crippen LogP contribution is -1.92. The molecule has 0 fully saturated rings. The fraction of sp³-hybridized carbons (Fsp3) is 0.0714. The number of nitrogens with zero attached hydrogens (tertiary/aromatic N) is 3. The van der Waals surface area contributed by atoms with Crippen LogP contribution in [0.1, 0.15) is 0 Å². The van der Waals surface area contributed by atoms with Gasteiger partial charge in [0.1, 0.15) is 0 Å². The monoisotopic (exact) mass is 237 g/mol. The van der Waals surface area contributed by atoms with Crippen molar-refractivity contribution in [3.63, 3.8) is 0 Å². The molecule has 3 aromatic rings. The van der Waals surface area contributed by atoms with Gasteiger partial charge in [0.05, 0.1) is 18.3 Å². The third-order valence-corrected chi connectivity index (χ3v) is 2.74. The summed E-state index contributed by atoms with van der Waals surface area (Å²) in [6, 6.07) is 13.7. The van der Waals surface area contributed by atoms with E-state index in [0.29, 0.717) is 5.88 Å². The summed E-state index contributed by atoms with van der Waals surface area (Å²) in [6.45, 7) is 0. The summed E-state index contributed by atoms with van der Waals surface area (Å²) in [7, 11) is 1.57. The molecule has 0 radical (unpaired) electrons. The molecule has 0 spiro atoms. The van der Waals surface area contributed by atoms with Crippen LogP contribution >= 0.6 is 0 Å². The molecule has 18 heavy (non-hydrogen) atoms. The molecule has 4 heteroatoms. The Kier molecular flexibility index (Phi) is 2.61. The van der Waals surface area contributed by atoms with Crippen LogP contribution in [0.3, 0.4) is 0 Å². The average molecular weight is 237 g/mol. The SMILES string of the molecule is COc1ccc(-c2cnc3ccccc3c2)nn1. The van der Waals surface area contributed by atoms with Gasteiger partial charge in [-0.3, -0.25) is 4.98 Å². The van der Waals surface area contributed by atoms with Gasteiger partial charge in [-0.25, -0.2) is 0 Å². The second kappa shape index (κ2) is 4.41. The minimum absolute atomic E-state index is 0.507. The molecule has 0 aliphatic heterocycles. The fourth-order valence-electron chi connectivity index (χ4n) is 1.79. The number of fused-ring (bicyclic) bond motifs is 1. The number of aromatic nitrogens is 3. The van der Waals surface area contributed by atoms with Gasteiger partial charge in [0.2, 0.25) is 5.88 Å².